The normalized spacial score (nSPS) is 10.4. The summed E-state index contributed by atoms with van der Waals surface area (Å²) in [5.74, 6) is -0.483. The van der Waals surface area contributed by atoms with Crippen LogP contribution in [0.4, 0.5) is 11.4 Å². The molecule has 0 aromatic heterocycles. The minimum atomic E-state index is -0.729. The van der Waals surface area contributed by atoms with Crippen LogP contribution in [0.15, 0.2) is 48.5 Å². The van der Waals surface area contributed by atoms with Gasteiger partial charge in [-0.15, -0.1) is 0 Å². The second-order valence-corrected chi connectivity index (χ2v) is 4.69. The first-order valence-electron chi connectivity index (χ1n) is 6.87. The molecule has 0 heterocycles. The average molecular weight is 344 g/mol. The van der Waals surface area contributed by atoms with Crippen molar-refractivity contribution < 1.29 is 24.1 Å². The van der Waals surface area contributed by atoms with Gasteiger partial charge in [0.05, 0.1) is 17.0 Å². The Morgan fingerprint density at radius 1 is 1.04 bits per heavy atom. The van der Waals surface area contributed by atoms with Crippen molar-refractivity contribution in [1.29, 1.82) is 0 Å². The molecule has 0 saturated heterocycles. The van der Waals surface area contributed by atoms with Gasteiger partial charge in [0.1, 0.15) is 5.75 Å². The Bertz CT molecular complexity index is 844. The number of hydrogen-bond donors (Lipinski definition) is 0. The lowest BCUT2D eigenvalue weighted by Gasteiger charge is -2.02. The molecule has 2 aromatic carbocycles. The smallest absolute Gasteiger partial charge is 0.336 e. The van der Waals surface area contributed by atoms with Gasteiger partial charge in [0.15, 0.2) is 5.75 Å². The highest BCUT2D eigenvalue weighted by molar-refractivity contribution is 5.88. The topological polar surface area (TPSA) is 122 Å². The highest BCUT2D eigenvalue weighted by Crippen LogP contribution is 2.28. The quantitative estimate of drug-likeness (QED) is 0.259. The fraction of sp³-hybridized carbons (Fsp3) is 0.0625. The Balaban J connectivity index is 2.08. The summed E-state index contributed by atoms with van der Waals surface area (Å²) in [6.07, 6.45) is 2.44. The van der Waals surface area contributed by atoms with Crippen molar-refractivity contribution in [1.82, 2.24) is 0 Å². The Labute approximate surface area is 141 Å². The maximum absolute atomic E-state index is 11.7. The fourth-order valence-corrected chi connectivity index (χ4v) is 1.90. The lowest BCUT2D eigenvalue weighted by atomic mass is 10.1. The summed E-state index contributed by atoms with van der Waals surface area (Å²) in [6, 6.07) is 9.22. The summed E-state index contributed by atoms with van der Waals surface area (Å²) in [5.41, 5.74) is 0.0578. The molecule has 0 bridgehead atoms. The molecule has 0 unspecified atom stereocenters. The minimum Gasteiger partial charge on any atom is -0.490 e. The number of carbonyl (C=O) groups excluding carboxylic acids is 1. The van der Waals surface area contributed by atoms with E-state index in [0.29, 0.717) is 5.56 Å². The summed E-state index contributed by atoms with van der Waals surface area (Å²) in [4.78, 5) is 32.1. The lowest BCUT2D eigenvalue weighted by Crippen LogP contribution is -2.03. The first kappa shape index (κ1) is 17.6. The zero-order valence-corrected chi connectivity index (χ0v) is 12.9. The number of carbonyl (C=O) groups is 1. The van der Waals surface area contributed by atoms with Crippen LogP contribution in [-0.4, -0.2) is 22.9 Å². The van der Waals surface area contributed by atoms with Crippen molar-refractivity contribution in [2.75, 3.05) is 7.11 Å². The maximum atomic E-state index is 11.7. The number of non-ortho nitro benzene ring substituents is 1. The predicted octanol–water partition coefficient (Wildman–Crippen LogP) is 3.13. The molecule has 0 atom stereocenters. The van der Waals surface area contributed by atoms with Crippen LogP contribution in [0.3, 0.4) is 0 Å². The Morgan fingerprint density at radius 2 is 1.72 bits per heavy atom. The third-order valence-corrected chi connectivity index (χ3v) is 3.08. The number of methoxy groups -OCH3 is 1. The van der Waals surface area contributed by atoms with E-state index in [1.165, 1.54) is 49.6 Å². The number of esters is 1. The monoisotopic (exact) mass is 344 g/mol. The van der Waals surface area contributed by atoms with Crippen LogP contribution < -0.4 is 9.47 Å². The van der Waals surface area contributed by atoms with Crippen LogP contribution in [0.5, 0.6) is 11.5 Å². The van der Waals surface area contributed by atoms with E-state index < -0.39 is 15.8 Å². The molecule has 25 heavy (non-hydrogen) atoms. The second kappa shape index (κ2) is 7.68. The molecule has 0 aliphatic rings. The lowest BCUT2D eigenvalue weighted by molar-refractivity contribution is -0.385. The van der Waals surface area contributed by atoms with Crippen LogP contribution in [-0.2, 0) is 4.79 Å². The Hall–Kier alpha value is -3.75. The van der Waals surface area contributed by atoms with Crippen molar-refractivity contribution in [2.24, 2.45) is 0 Å². The third-order valence-electron chi connectivity index (χ3n) is 3.08. The Kier molecular flexibility index (Phi) is 5.41. The molecule has 2 rings (SSSR count). The molecule has 0 saturated carbocycles. The van der Waals surface area contributed by atoms with Crippen LogP contribution in [0.1, 0.15) is 5.56 Å². The molecular weight excluding hydrogens is 332 g/mol. The van der Waals surface area contributed by atoms with Crippen LogP contribution in [0.25, 0.3) is 6.08 Å². The van der Waals surface area contributed by atoms with E-state index in [4.69, 9.17) is 9.47 Å². The molecule has 0 spiro atoms. The molecule has 9 nitrogen and oxygen atoms in total. The van der Waals surface area contributed by atoms with E-state index in [9.17, 15) is 25.0 Å². The van der Waals surface area contributed by atoms with Crippen molar-refractivity contribution in [3.63, 3.8) is 0 Å². The average Bonchev–Trinajstić information content (AvgIpc) is 2.60. The predicted molar refractivity (Wildman–Crippen MR) is 87.4 cm³/mol. The maximum Gasteiger partial charge on any atom is 0.336 e. The van der Waals surface area contributed by atoms with Gasteiger partial charge in [-0.05, 0) is 29.8 Å². The van der Waals surface area contributed by atoms with E-state index >= 15 is 0 Å². The van der Waals surface area contributed by atoms with Gasteiger partial charge in [-0.2, -0.15) is 0 Å². The van der Waals surface area contributed by atoms with Crippen molar-refractivity contribution in [3.05, 3.63) is 74.3 Å². The first-order chi connectivity index (χ1) is 11.9. The molecule has 0 aliphatic carbocycles. The van der Waals surface area contributed by atoms with Crippen LogP contribution >= 0.6 is 0 Å². The number of nitrogens with zero attached hydrogens (tertiary/aromatic N) is 2. The van der Waals surface area contributed by atoms with E-state index in [1.54, 1.807) is 6.07 Å². The molecule has 2 aromatic rings. The van der Waals surface area contributed by atoms with E-state index in [0.717, 1.165) is 6.08 Å². The molecule has 128 valence electrons. The highest BCUT2D eigenvalue weighted by Gasteiger charge is 2.14. The van der Waals surface area contributed by atoms with Crippen molar-refractivity contribution >= 4 is 23.4 Å². The van der Waals surface area contributed by atoms with E-state index in [2.05, 4.69) is 0 Å². The zero-order chi connectivity index (χ0) is 18.4. The molecule has 0 fully saturated rings. The van der Waals surface area contributed by atoms with E-state index in [1.807, 2.05) is 0 Å². The summed E-state index contributed by atoms with van der Waals surface area (Å²) < 4.78 is 9.87. The van der Waals surface area contributed by atoms with Crippen molar-refractivity contribution in [3.8, 4) is 11.5 Å². The van der Waals surface area contributed by atoms with Gasteiger partial charge in [0.25, 0.3) is 5.69 Å². The number of nitro benzene ring substituents is 2. The van der Waals surface area contributed by atoms with Gasteiger partial charge in [0.2, 0.25) is 0 Å². The summed E-state index contributed by atoms with van der Waals surface area (Å²) in [5, 5.41) is 21.5. The van der Waals surface area contributed by atoms with Gasteiger partial charge in [-0.1, -0.05) is 6.07 Å². The SMILES string of the molecule is COc1ccc(C=CC(=O)Oc2ccc([N+](=O)[O-])cc2)cc1[N+](=O)[O-]. The molecule has 0 N–H and O–H groups in total. The molecule has 0 radical (unpaired) electrons. The number of ether oxygens (including phenoxy) is 2. The molecule has 9 heteroatoms. The van der Waals surface area contributed by atoms with Crippen LogP contribution in [0.2, 0.25) is 0 Å². The van der Waals surface area contributed by atoms with Gasteiger partial charge in [0, 0.05) is 24.3 Å². The zero-order valence-electron chi connectivity index (χ0n) is 12.9. The Morgan fingerprint density at radius 3 is 2.28 bits per heavy atom. The number of hydrogen-bond acceptors (Lipinski definition) is 7. The van der Waals surface area contributed by atoms with E-state index in [-0.39, 0.29) is 22.9 Å². The van der Waals surface area contributed by atoms with Crippen molar-refractivity contribution in [2.45, 2.75) is 0 Å². The largest absolute Gasteiger partial charge is 0.490 e. The summed E-state index contributed by atoms with van der Waals surface area (Å²) in [7, 11) is 1.32. The van der Waals surface area contributed by atoms with Gasteiger partial charge >= 0.3 is 11.7 Å². The molecule has 0 aliphatic heterocycles. The number of benzene rings is 2. The van der Waals surface area contributed by atoms with Gasteiger partial charge in [-0.25, -0.2) is 4.79 Å². The first-order valence-corrected chi connectivity index (χ1v) is 6.87. The number of rotatable bonds is 6. The second-order valence-electron chi connectivity index (χ2n) is 4.69. The summed E-state index contributed by atoms with van der Waals surface area (Å²) >= 11 is 0. The minimum absolute atomic E-state index is 0.107. The molecule has 0 amide bonds. The number of nitro groups is 2. The molecular formula is C16H12N2O7. The van der Waals surface area contributed by atoms with Crippen LogP contribution in [0, 0.1) is 20.2 Å². The third kappa shape index (κ3) is 4.61. The van der Waals surface area contributed by atoms with Gasteiger partial charge in [-0.3, -0.25) is 20.2 Å². The fourth-order valence-electron chi connectivity index (χ4n) is 1.90. The standard InChI is InChI=1S/C16H12N2O7/c1-24-15-8-2-11(10-14(15)18(22)23)3-9-16(19)25-13-6-4-12(5-7-13)17(20)21/h2-10H,1H3. The van der Waals surface area contributed by atoms with Gasteiger partial charge < -0.3 is 9.47 Å². The highest BCUT2D eigenvalue weighted by atomic mass is 16.6. The summed E-state index contributed by atoms with van der Waals surface area (Å²) in [6.45, 7) is 0.